The van der Waals surface area contributed by atoms with Gasteiger partial charge in [0.15, 0.2) is 0 Å². The molecule has 20 heavy (non-hydrogen) atoms. The van der Waals surface area contributed by atoms with E-state index in [4.69, 9.17) is 11.5 Å². The van der Waals surface area contributed by atoms with Crippen molar-refractivity contribution in [2.75, 3.05) is 11.1 Å². The molecule has 0 saturated carbocycles. The van der Waals surface area contributed by atoms with E-state index in [-0.39, 0.29) is 0 Å². The van der Waals surface area contributed by atoms with Crippen LogP contribution in [-0.2, 0) is 6.42 Å². The predicted molar refractivity (Wildman–Crippen MR) is 83.2 cm³/mol. The third kappa shape index (κ3) is 2.74. The summed E-state index contributed by atoms with van der Waals surface area (Å²) >= 11 is 0. The summed E-state index contributed by atoms with van der Waals surface area (Å²) in [5, 5.41) is 3.31. The summed E-state index contributed by atoms with van der Waals surface area (Å²) in [6, 6.07) is 11.2. The number of amides is 1. The van der Waals surface area contributed by atoms with Gasteiger partial charge in [-0.25, -0.2) is 0 Å². The maximum atomic E-state index is 11.5. The van der Waals surface area contributed by atoms with Crippen molar-refractivity contribution >= 4 is 23.0 Å². The van der Waals surface area contributed by atoms with E-state index >= 15 is 0 Å². The maximum absolute atomic E-state index is 11.5. The molecule has 0 bridgehead atoms. The van der Waals surface area contributed by atoms with Crippen molar-refractivity contribution in [3.05, 3.63) is 53.1 Å². The molecule has 0 aromatic heterocycles. The summed E-state index contributed by atoms with van der Waals surface area (Å²) in [7, 11) is 0. The fraction of sp³-hybridized carbons (Fsp3) is 0.188. The van der Waals surface area contributed by atoms with Crippen molar-refractivity contribution in [1.82, 2.24) is 0 Å². The number of nitrogens with one attached hydrogen (secondary N) is 1. The van der Waals surface area contributed by atoms with Gasteiger partial charge in [-0.3, -0.25) is 4.79 Å². The van der Waals surface area contributed by atoms with E-state index in [1.165, 1.54) is 5.56 Å². The number of aryl methyl sites for hydroxylation is 2. The Kier molecular flexibility index (Phi) is 3.94. The fourth-order valence-corrected chi connectivity index (χ4v) is 2.21. The average molecular weight is 269 g/mol. The number of primary amides is 1. The predicted octanol–water partition coefficient (Wildman–Crippen LogP) is 2.98. The summed E-state index contributed by atoms with van der Waals surface area (Å²) in [6.07, 6.45) is 0.908. The highest BCUT2D eigenvalue weighted by molar-refractivity contribution is 6.00. The van der Waals surface area contributed by atoms with Crippen LogP contribution in [0.25, 0.3) is 0 Å². The van der Waals surface area contributed by atoms with Gasteiger partial charge in [-0.2, -0.15) is 0 Å². The standard InChI is InChI=1S/C16H19N3O/c1-3-11-6-4-5-10(2)15(11)19-14-8-7-12(17)9-13(14)16(18)20/h4-9,19H,3,17H2,1-2H3,(H2,18,20). The van der Waals surface area contributed by atoms with Crippen molar-refractivity contribution < 1.29 is 4.79 Å². The Hall–Kier alpha value is -2.49. The number of benzene rings is 2. The first-order chi connectivity index (χ1) is 9.52. The molecule has 0 radical (unpaired) electrons. The molecule has 0 saturated heterocycles. The van der Waals surface area contributed by atoms with Crippen molar-refractivity contribution in [3.8, 4) is 0 Å². The Bertz CT molecular complexity index is 650. The molecule has 2 aromatic carbocycles. The van der Waals surface area contributed by atoms with Gasteiger partial charge in [0.05, 0.1) is 11.3 Å². The summed E-state index contributed by atoms with van der Waals surface area (Å²) in [4.78, 5) is 11.5. The van der Waals surface area contributed by atoms with E-state index in [1.807, 2.05) is 19.1 Å². The Labute approximate surface area is 118 Å². The number of hydrogen-bond donors (Lipinski definition) is 3. The summed E-state index contributed by atoms with van der Waals surface area (Å²) in [5.74, 6) is -0.494. The van der Waals surface area contributed by atoms with Crippen LogP contribution < -0.4 is 16.8 Å². The van der Waals surface area contributed by atoms with Crippen LogP contribution in [0.4, 0.5) is 17.1 Å². The third-order valence-corrected chi connectivity index (χ3v) is 3.31. The summed E-state index contributed by atoms with van der Waals surface area (Å²) in [6.45, 7) is 4.13. The lowest BCUT2D eigenvalue weighted by atomic mass is 10.0. The SMILES string of the molecule is CCc1cccc(C)c1Nc1ccc(N)cc1C(N)=O. The van der Waals surface area contributed by atoms with Gasteiger partial charge in [-0.05, 0) is 42.7 Å². The van der Waals surface area contributed by atoms with Gasteiger partial charge in [0.1, 0.15) is 0 Å². The average Bonchev–Trinajstić information content (AvgIpc) is 2.42. The molecule has 4 heteroatoms. The van der Waals surface area contributed by atoms with E-state index in [9.17, 15) is 4.79 Å². The first kappa shape index (κ1) is 13.9. The monoisotopic (exact) mass is 269 g/mol. The molecule has 0 aliphatic carbocycles. The fourth-order valence-electron chi connectivity index (χ4n) is 2.21. The maximum Gasteiger partial charge on any atom is 0.250 e. The number of rotatable bonds is 4. The zero-order valence-corrected chi connectivity index (χ0v) is 11.7. The molecule has 0 spiro atoms. The molecule has 0 aliphatic heterocycles. The first-order valence-corrected chi connectivity index (χ1v) is 6.57. The third-order valence-electron chi connectivity index (χ3n) is 3.31. The number of nitrogen functional groups attached to an aromatic ring is 1. The highest BCUT2D eigenvalue weighted by atomic mass is 16.1. The Morgan fingerprint density at radius 1 is 1.25 bits per heavy atom. The number of carbonyl (C=O) groups is 1. The minimum atomic E-state index is -0.494. The Morgan fingerprint density at radius 3 is 2.65 bits per heavy atom. The summed E-state index contributed by atoms with van der Waals surface area (Å²) < 4.78 is 0. The quantitative estimate of drug-likeness (QED) is 0.746. The van der Waals surface area contributed by atoms with E-state index < -0.39 is 5.91 Å². The van der Waals surface area contributed by atoms with Crippen molar-refractivity contribution in [2.24, 2.45) is 5.73 Å². The molecule has 104 valence electrons. The number of nitrogens with two attached hydrogens (primary N) is 2. The molecule has 0 aliphatic rings. The Balaban J connectivity index is 2.48. The van der Waals surface area contributed by atoms with Crippen molar-refractivity contribution in [2.45, 2.75) is 20.3 Å². The number of para-hydroxylation sites is 1. The molecule has 2 aromatic rings. The van der Waals surface area contributed by atoms with Crippen molar-refractivity contribution in [3.63, 3.8) is 0 Å². The van der Waals surface area contributed by atoms with Crippen LogP contribution in [0.3, 0.4) is 0 Å². The molecule has 0 heterocycles. The van der Waals surface area contributed by atoms with Crippen LogP contribution in [0.15, 0.2) is 36.4 Å². The zero-order chi connectivity index (χ0) is 14.7. The largest absolute Gasteiger partial charge is 0.399 e. The smallest absolute Gasteiger partial charge is 0.250 e. The normalized spacial score (nSPS) is 10.3. The molecule has 5 N–H and O–H groups in total. The molecular weight excluding hydrogens is 250 g/mol. The molecule has 0 fully saturated rings. The lowest BCUT2D eigenvalue weighted by molar-refractivity contribution is 0.100. The van der Waals surface area contributed by atoms with Gasteiger partial charge in [0.2, 0.25) is 0 Å². The minimum absolute atomic E-state index is 0.398. The molecule has 2 rings (SSSR count). The van der Waals surface area contributed by atoms with Crippen LogP contribution in [0.5, 0.6) is 0 Å². The minimum Gasteiger partial charge on any atom is -0.399 e. The van der Waals surface area contributed by atoms with Crippen LogP contribution in [0.2, 0.25) is 0 Å². The van der Waals surface area contributed by atoms with Gasteiger partial charge in [-0.15, -0.1) is 0 Å². The lowest BCUT2D eigenvalue weighted by Gasteiger charge is -2.16. The molecule has 0 unspecified atom stereocenters. The molecule has 0 atom stereocenters. The van der Waals surface area contributed by atoms with E-state index in [2.05, 4.69) is 18.3 Å². The van der Waals surface area contributed by atoms with E-state index in [0.717, 1.165) is 17.7 Å². The van der Waals surface area contributed by atoms with Crippen LogP contribution in [-0.4, -0.2) is 5.91 Å². The van der Waals surface area contributed by atoms with E-state index in [0.29, 0.717) is 16.9 Å². The van der Waals surface area contributed by atoms with Crippen LogP contribution in [0, 0.1) is 6.92 Å². The zero-order valence-electron chi connectivity index (χ0n) is 11.7. The summed E-state index contributed by atoms with van der Waals surface area (Å²) in [5.41, 5.74) is 16.0. The topological polar surface area (TPSA) is 81.1 Å². The highest BCUT2D eigenvalue weighted by Gasteiger charge is 2.11. The number of carbonyl (C=O) groups excluding carboxylic acids is 1. The Morgan fingerprint density at radius 2 is 2.00 bits per heavy atom. The highest BCUT2D eigenvalue weighted by Crippen LogP contribution is 2.28. The second-order valence-electron chi connectivity index (χ2n) is 4.76. The second-order valence-corrected chi connectivity index (χ2v) is 4.76. The lowest BCUT2D eigenvalue weighted by Crippen LogP contribution is -2.14. The van der Waals surface area contributed by atoms with Crippen molar-refractivity contribution in [1.29, 1.82) is 0 Å². The van der Waals surface area contributed by atoms with Gasteiger partial charge in [0.25, 0.3) is 5.91 Å². The van der Waals surface area contributed by atoms with Gasteiger partial charge in [0, 0.05) is 11.4 Å². The van der Waals surface area contributed by atoms with Crippen LogP contribution >= 0.6 is 0 Å². The number of anilines is 3. The molecule has 4 nitrogen and oxygen atoms in total. The number of hydrogen-bond acceptors (Lipinski definition) is 3. The van der Waals surface area contributed by atoms with Gasteiger partial charge < -0.3 is 16.8 Å². The van der Waals surface area contributed by atoms with Gasteiger partial charge in [-0.1, -0.05) is 25.1 Å². The molecular formula is C16H19N3O. The van der Waals surface area contributed by atoms with E-state index in [1.54, 1.807) is 18.2 Å². The van der Waals surface area contributed by atoms with Gasteiger partial charge >= 0.3 is 0 Å². The van der Waals surface area contributed by atoms with Crippen LogP contribution in [0.1, 0.15) is 28.4 Å². The second kappa shape index (κ2) is 5.65. The first-order valence-electron chi connectivity index (χ1n) is 6.57. The molecule has 1 amide bonds.